The van der Waals surface area contributed by atoms with Crippen molar-refractivity contribution < 1.29 is 0 Å². The molecule has 1 nitrogen and oxygen atoms in total. The smallest absolute Gasteiger partial charge is 0.0130 e. The van der Waals surface area contributed by atoms with Gasteiger partial charge in [0.25, 0.3) is 0 Å². The number of hydrogen-bond donors (Lipinski definition) is 0. The minimum absolute atomic E-state index is 0.247. The van der Waals surface area contributed by atoms with Crippen LogP contribution in [0.5, 0.6) is 0 Å². The van der Waals surface area contributed by atoms with E-state index in [1.807, 2.05) is 0 Å². The maximum absolute atomic E-state index is 2.65. The summed E-state index contributed by atoms with van der Waals surface area (Å²) in [6, 6.07) is 0. The van der Waals surface area contributed by atoms with E-state index in [4.69, 9.17) is 0 Å². The number of rotatable bonds is 7. The molecule has 0 rings (SSSR count). The number of nitrogens with zero attached hydrogens (tertiary/aromatic N) is 1. The first-order chi connectivity index (χ1) is 8.82. The van der Waals surface area contributed by atoms with Gasteiger partial charge >= 0.3 is 0 Å². The zero-order chi connectivity index (χ0) is 16.2. The minimum atomic E-state index is 0.247. The van der Waals surface area contributed by atoms with Crippen LogP contribution >= 0.6 is 0 Å². The Morgan fingerprint density at radius 3 is 1.65 bits per heavy atom. The first kappa shape index (κ1) is 20.0. The summed E-state index contributed by atoms with van der Waals surface area (Å²) in [4.78, 5) is 2.65. The van der Waals surface area contributed by atoms with Gasteiger partial charge in [0.05, 0.1) is 0 Å². The summed E-state index contributed by atoms with van der Waals surface area (Å²) >= 11 is 0. The van der Waals surface area contributed by atoms with Gasteiger partial charge in [-0.25, -0.2) is 0 Å². The topological polar surface area (TPSA) is 3.24 Å². The molecule has 0 aliphatic heterocycles. The Kier molecular flexibility index (Phi) is 7.28. The minimum Gasteiger partial charge on any atom is -0.294 e. The summed E-state index contributed by atoms with van der Waals surface area (Å²) in [5.74, 6) is 0.824. The van der Waals surface area contributed by atoms with Crippen LogP contribution in [0.25, 0.3) is 0 Å². The van der Waals surface area contributed by atoms with Gasteiger partial charge in [0.15, 0.2) is 0 Å². The Hall–Kier alpha value is -0.0400. The SMILES string of the molecule is CCCC(C)C(C)(C)CCC[15N](C(C)(C)C)C(C)(C)C. The molecule has 0 spiro atoms. The predicted octanol–water partition coefficient (Wildman–Crippen LogP) is 6.13. The molecule has 0 saturated heterocycles. The molecule has 0 fully saturated rings. The van der Waals surface area contributed by atoms with Crippen LogP contribution in [0.1, 0.15) is 94.9 Å². The van der Waals surface area contributed by atoms with Crippen LogP contribution in [0.3, 0.4) is 0 Å². The van der Waals surface area contributed by atoms with Crippen LogP contribution in [0.2, 0.25) is 0 Å². The van der Waals surface area contributed by atoms with Gasteiger partial charge in [-0.05, 0) is 72.3 Å². The molecular weight excluding hydrogens is 243 g/mol. The van der Waals surface area contributed by atoms with Crippen molar-refractivity contribution in [2.75, 3.05) is 6.54 Å². The first-order valence-corrected chi connectivity index (χ1v) is 8.60. The molecular formula is C19H41N. The molecule has 0 aliphatic rings. The highest BCUT2D eigenvalue weighted by Gasteiger charge is 2.32. The summed E-state index contributed by atoms with van der Waals surface area (Å²) in [5, 5.41) is 0. The van der Waals surface area contributed by atoms with E-state index in [-0.39, 0.29) is 11.1 Å². The zero-order valence-corrected chi connectivity index (χ0v) is 16.1. The van der Waals surface area contributed by atoms with E-state index in [0.29, 0.717) is 5.41 Å². The second-order valence-electron chi connectivity index (χ2n) is 9.28. The van der Waals surface area contributed by atoms with E-state index < -0.39 is 0 Å². The molecule has 20 heavy (non-hydrogen) atoms. The fourth-order valence-electron chi connectivity index (χ4n) is 3.44. The Bertz CT molecular complexity index is 250. The van der Waals surface area contributed by atoms with Gasteiger partial charge in [0, 0.05) is 11.1 Å². The molecule has 0 N–H and O–H groups in total. The van der Waals surface area contributed by atoms with Gasteiger partial charge in [-0.2, -0.15) is 0 Å². The molecule has 0 saturated carbocycles. The van der Waals surface area contributed by atoms with Crippen LogP contribution in [0, 0.1) is 11.3 Å². The molecule has 1 heteroatoms. The molecule has 0 bridgehead atoms. The van der Waals surface area contributed by atoms with Gasteiger partial charge < -0.3 is 0 Å². The monoisotopic (exact) mass is 284 g/mol. The lowest BCUT2D eigenvalue weighted by atomic mass is 9.74. The van der Waals surface area contributed by atoms with Crippen molar-refractivity contribution in [3.8, 4) is 0 Å². The van der Waals surface area contributed by atoms with E-state index in [2.05, 4.69) is 74.1 Å². The van der Waals surface area contributed by atoms with Crippen molar-refractivity contribution in [2.45, 2.75) is 106 Å². The second kappa shape index (κ2) is 7.29. The van der Waals surface area contributed by atoms with Crippen LogP contribution in [-0.4, -0.2) is 22.5 Å². The average Bonchev–Trinajstić information content (AvgIpc) is 2.21. The molecule has 1 atom stereocenters. The molecule has 0 aliphatic carbocycles. The van der Waals surface area contributed by atoms with Crippen LogP contribution in [0.15, 0.2) is 0 Å². The molecule has 0 aromatic carbocycles. The predicted molar refractivity (Wildman–Crippen MR) is 93.3 cm³/mol. The summed E-state index contributed by atoms with van der Waals surface area (Å²) < 4.78 is 0. The lowest BCUT2D eigenvalue weighted by Gasteiger charge is -2.46. The van der Waals surface area contributed by atoms with Crippen LogP contribution < -0.4 is 0 Å². The standard InChI is InChI=1S/C19H41N/c1-11-13-16(2)19(9,10)14-12-15-20(17(3,4)5)18(6,7)8/h16H,11-15H2,1-10H3/i20+1. The highest BCUT2D eigenvalue weighted by atomic mass is 15.9. The van der Waals surface area contributed by atoms with Crippen molar-refractivity contribution in [2.24, 2.45) is 11.3 Å². The summed E-state index contributed by atoms with van der Waals surface area (Å²) in [7, 11) is 0. The van der Waals surface area contributed by atoms with Gasteiger partial charge in [-0.1, -0.05) is 40.5 Å². The molecule has 0 aromatic heterocycles. The first-order valence-electron chi connectivity index (χ1n) is 8.60. The quantitative estimate of drug-likeness (QED) is 0.508. The van der Waals surface area contributed by atoms with Crippen molar-refractivity contribution in [1.82, 2.24) is 4.90 Å². The van der Waals surface area contributed by atoms with Crippen molar-refractivity contribution in [1.29, 1.82) is 0 Å². The number of hydrogen-bond acceptors (Lipinski definition) is 1. The highest BCUT2D eigenvalue weighted by molar-refractivity contribution is 4.87. The van der Waals surface area contributed by atoms with Gasteiger partial charge in [0.2, 0.25) is 0 Å². The maximum atomic E-state index is 2.65. The van der Waals surface area contributed by atoms with E-state index in [0.717, 1.165) is 5.92 Å². The van der Waals surface area contributed by atoms with E-state index in [1.54, 1.807) is 0 Å². The lowest BCUT2D eigenvalue weighted by Crippen LogP contribution is -2.53. The summed E-state index contributed by atoms with van der Waals surface area (Å²) in [5.41, 5.74) is 0.965. The van der Waals surface area contributed by atoms with Crippen LogP contribution in [-0.2, 0) is 0 Å². The maximum Gasteiger partial charge on any atom is 0.0130 e. The Balaban J connectivity index is 4.53. The third kappa shape index (κ3) is 6.61. The van der Waals surface area contributed by atoms with Crippen molar-refractivity contribution in [3.05, 3.63) is 0 Å². The fourth-order valence-corrected chi connectivity index (χ4v) is 3.44. The van der Waals surface area contributed by atoms with Crippen molar-refractivity contribution >= 4 is 0 Å². The van der Waals surface area contributed by atoms with Gasteiger partial charge in [-0.3, -0.25) is 4.90 Å². The largest absolute Gasteiger partial charge is 0.294 e. The summed E-state index contributed by atoms with van der Waals surface area (Å²) in [6.45, 7) is 24.8. The molecule has 0 heterocycles. The molecule has 0 aromatic rings. The van der Waals surface area contributed by atoms with Gasteiger partial charge in [0.1, 0.15) is 0 Å². The van der Waals surface area contributed by atoms with E-state index in [1.165, 1.54) is 32.2 Å². The zero-order valence-electron chi connectivity index (χ0n) is 16.1. The fraction of sp³-hybridized carbons (Fsp3) is 1.00. The van der Waals surface area contributed by atoms with Crippen molar-refractivity contribution in [3.63, 3.8) is 0 Å². The third-order valence-corrected chi connectivity index (χ3v) is 4.88. The lowest BCUT2D eigenvalue weighted by molar-refractivity contribution is 0.0318. The molecule has 0 radical (unpaired) electrons. The Morgan fingerprint density at radius 2 is 1.30 bits per heavy atom. The van der Waals surface area contributed by atoms with E-state index in [9.17, 15) is 0 Å². The highest BCUT2D eigenvalue weighted by Crippen LogP contribution is 2.35. The van der Waals surface area contributed by atoms with Gasteiger partial charge in [-0.15, -0.1) is 0 Å². The second-order valence-corrected chi connectivity index (χ2v) is 9.28. The molecule has 0 amide bonds. The normalized spacial score (nSPS) is 15.8. The van der Waals surface area contributed by atoms with E-state index >= 15 is 0 Å². The van der Waals surface area contributed by atoms with Crippen LogP contribution in [0.4, 0.5) is 0 Å². The average molecular weight is 285 g/mol. The Morgan fingerprint density at radius 1 is 0.850 bits per heavy atom. The molecule has 1 unspecified atom stereocenters. The summed E-state index contributed by atoms with van der Waals surface area (Å²) in [6.07, 6.45) is 5.29. The third-order valence-electron chi connectivity index (χ3n) is 4.88. The molecule has 122 valence electrons. The Labute approximate surface area is 129 Å².